The Balaban J connectivity index is 0.000000531. The molecule has 0 aliphatic heterocycles. The van der Waals surface area contributed by atoms with Crippen LogP contribution in [0.3, 0.4) is 0 Å². The van der Waals surface area contributed by atoms with E-state index in [0.717, 1.165) is 5.76 Å². The molecule has 0 fully saturated rings. The average molecular weight is 206 g/mol. The lowest BCUT2D eigenvalue weighted by Crippen LogP contribution is -2.08. The molecule has 0 aliphatic carbocycles. The van der Waals surface area contributed by atoms with Gasteiger partial charge in [0.1, 0.15) is 12.1 Å². The van der Waals surface area contributed by atoms with Crippen LogP contribution in [0.25, 0.3) is 0 Å². The van der Waals surface area contributed by atoms with E-state index < -0.39 is 0 Å². The van der Waals surface area contributed by atoms with Crippen LogP contribution in [0.2, 0.25) is 0 Å². The Morgan fingerprint density at radius 1 is 1.40 bits per heavy atom. The van der Waals surface area contributed by atoms with Crippen LogP contribution in [-0.4, -0.2) is 15.5 Å². The van der Waals surface area contributed by atoms with E-state index in [9.17, 15) is 4.79 Å². The van der Waals surface area contributed by atoms with Gasteiger partial charge in [0.05, 0.1) is 0 Å². The zero-order chi connectivity index (χ0) is 11.3. The number of carbonyl (C=O) groups is 1. The van der Waals surface area contributed by atoms with Crippen molar-refractivity contribution in [2.75, 3.05) is 0 Å². The molecule has 0 radical (unpaired) electrons. The third kappa shape index (κ3) is 2.56. The zero-order valence-electron chi connectivity index (χ0n) is 9.10. The molecule has 0 unspecified atom stereocenters. The predicted octanol–water partition coefficient (Wildman–Crippen LogP) is 2.50. The second-order valence-corrected chi connectivity index (χ2v) is 2.69. The molecule has 2 rings (SSSR count). The van der Waals surface area contributed by atoms with Gasteiger partial charge in [0.2, 0.25) is 0 Å². The van der Waals surface area contributed by atoms with E-state index in [-0.39, 0.29) is 5.91 Å². The summed E-state index contributed by atoms with van der Waals surface area (Å²) in [5, 5.41) is 0. The topological polar surface area (TPSA) is 48.0 Å². The lowest BCUT2D eigenvalue weighted by atomic mass is 10.4. The second kappa shape index (κ2) is 5.14. The van der Waals surface area contributed by atoms with Gasteiger partial charge >= 0.3 is 0 Å². The fourth-order valence-corrected chi connectivity index (χ4v) is 1.06. The lowest BCUT2D eigenvalue weighted by Gasteiger charge is -1.95. The van der Waals surface area contributed by atoms with Gasteiger partial charge in [0.25, 0.3) is 5.91 Å². The molecular formula is C11H14N2O2. The summed E-state index contributed by atoms with van der Waals surface area (Å²) in [5.74, 6) is 0.851. The molecule has 0 atom stereocenters. The third-order valence-corrected chi connectivity index (χ3v) is 1.69. The van der Waals surface area contributed by atoms with Crippen LogP contribution >= 0.6 is 0 Å². The van der Waals surface area contributed by atoms with E-state index in [1.54, 1.807) is 31.5 Å². The molecule has 4 heteroatoms. The van der Waals surface area contributed by atoms with Crippen molar-refractivity contribution < 1.29 is 9.21 Å². The zero-order valence-corrected chi connectivity index (χ0v) is 9.10. The Hall–Kier alpha value is -1.84. The molecule has 0 aromatic carbocycles. The van der Waals surface area contributed by atoms with Crippen molar-refractivity contribution in [3.05, 3.63) is 42.4 Å². The molecular weight excluding hydrogens is 192 g/mol. The Kier molecular flexibility index (Phi) is 3.85. The number of hydrogen-bond acceptors (Lipinski definition) is 3. The van der Waals surface area contributed by atoms with Crippen LogP contribution in [0, 0.1) is 6.92 Å². The Morgan fingerprint density at radius 2 is 2.13 bits per heavy atom. The lowest BCUT2D eigenvalue weighted by molar-refractivity contribution is 0.0931. The number of aromatic nitrogens is 2. The first-order valence-corrected chi connectivity index (χ1v) is 4.86. The Bertz CT molecular complexity index is 415. The summed E-state index contributed by atoms with van der Waals surface area (Å²) in [6.07, 6.45) is 4.58. The maximum absolute atomic E-state index is 11.5. The van der Waals surface area contributed by atoms with Gasteiger partial charge in [-0.15, -0.1) is 0 Å². The van der Waals surface area contributed by atoms with Gasteiger partial charge in [-0.05, 0) is 19.1 Å². The molecule has 0 bridgehead atoms. The summed E-state index contributed by atoms with van der Waals surface area (Å²) < 4.78 is 6.54. The van der Waals surface area contributed by atoms with E-state index in [4.69, 9.17) is 4.42 Å². The van der Waals surface area contributed by atoms with Crippen molar-refractivity contribution in [1.82, 2.24) is 9.55 Å². The van der Waals surface area contributed by atoms with Crippen LogP contribution in [-0.2, 0) is 0 Å². The highest BCUT2D eigenvalue weighted by Gasteiger charge is 2.10. The van der Waals surface area contributed by atoms with Gasteiger partial charge in [-0.3, -0.25) is 9.36 Å². The first-order valence-electron chi connectivity index (χ1n) is 4.86. The molecule has 4 nitrogen and oxygen atoms in total. The van der Waals surface area contributed by atoms with Crippen molar-refractivity contribution in [2.45, 2.75) is 20.8 Å². The first kappa shape index (κ1) is 11.2. The number of carbonyl (C=O) groups excluding carboxylic acids is 1. The summed E-state index contributed by atoms with van der Waals surface area (Å²) in [5.41, 5.74) is 0. The van der Waals surface area contributed by atoms with Crippen LogP contribution < -0.4 is 0 Å². The number of furan rings is 1. The molecule has 0 N–H and O–H groups in total. The monoisotopic (exact) mass is 206 g/mol. The van der Waals surface area contributed by atoms with Gasteiger partial charge in [-0.25, -0.2) is 4.98 Å². The van der Waals surface area contributed by atoms with Crippen LogP contribution in [0.15, 0.2) is 35.3 Å². The van der Waals surface area contributed by atoms with Crippen LogP contribution in [0.5, 0.6) is 0 Å². The summed E-state index contributed by atoms with van der Waals surface area (Å²) >= 11 is 0. The third-order valence-electron chi connectivity index (χ3n) is 1.69. The quantitative estimate of drug-likeness (QED) is 0.720. The molecule has 0 amide bonds. The highest BCUT2D eigenvalue weighted by atomic mass is 16.3. The van der Waals surface area contributed by atoms with Crippen molar-refractivity contribution >= 4 is 5.91 Å². The second-order valence-electron chi connectivity index (χ2n) is 2.69. The minimum absolute atomic E-state index is 0.203. The number of rotatable bonds is 1. The minimum atomic E-state index is -0.203. The Morgan fingerprint density at radius 3 is 2.60 bits per heavy atom. The molecule has 0 spiro atoms. The summed E-state index contributed by atoms with van der Waals surface area (Å²) in [6, 6.07) is 3.40. The van der Waals surface area contributed by atoms with Crippen molar-refractivity contribution in [3.63, 3.8) is 0 Å². The van der Waals surface area contributed by atoms with Gasteiger partial charge in [0, 0.05) is 12.4 Å². The maximum Gasteiger partial charge on any atom is 0.298 e. The maximum atomic E-state index is 11.5. The molecule has 2 aromatic rings. The van der Waals surface area contributed by atoms with Crippen LogP contribution in [0.1, 0.15) is 30.2 Å². The molecule has 0 saturated carbocycles. The van der Waals surface area contributed by atoms with E-state index in [0.29, 0.717) is 5.76 Å². The number of aryl methyl sites for hydroxylation is 1. The summed E-state index contributed by atoms with van der Waals surface area (Å²) in [4.78, 5) is 15.3. The van der Waals surface area contributed by atoms with Gasteiger partial charge in [-0.2, -0.15) is 0 Å². The fourth-order valence-electron chi connectivity index (χ4n) is 1.06. The largest absolute Gasteiger partial charge is 0.456 e. The van der Waals surface area contributed by atoms with E-state index in [2.05, 4.69) is 4.98 Å². The van der Waals surface area contributed by atoms with E-state index in [1.165, 1.54) is 10.9 Å². The number of imidazole rings is 1. The SMILES string of the molecule is CC.Cc1ccc(C(=O)n2ccnc2)o1. The minimum Gasteiger partial charge on any atom is -0.456 e. The molecule has 0 aliphatic rings. The first-order chi connectivity index (χ1) is 7.27. The smallest absolute Gasteiger partial charge is 0.298 e. The van der Waals surface area contributed by atoms with Gasteiger partial charge in [0.15, 0.2) is 5.76 Å². The van der Waals surface area contributed by atoms with Crippen molar-refractivity contribution in [1.29, 1.82) is 0 Å². The van der Waals surface area contributed by atoms with Crippen molar-refractivity contribution in [3.8, 4) is 0 Å². The molecule has 0 saturated heterocycles. The number of nitrogens with zero attached hydrogens (tertiary/aromatic N) is 2. The molecule has 2 heterocycles. The van der Waals surface area contributed by atoms with Crippen LogP contribution in [0.4, 0.5) is 0 Å². The molecule has 15 heavy (non-hydrogen) atoms. The summed E-state index contributed by atoms with van der Waals surface area (Å²) in [6.45, 7) is 5.80. The standard InChI is InChI=1S/C9H8N2O2.C2H6/c1-7-2-3-8(13-7)9(12)11-5-4-10-6-11;1-2/h2-6H,1H3;1-2H3. The van der Waals surface area contributed by atoms with Crippen molar-refractivity contribution in [2.24, 2.45) is 0 Å². The normalized spacial score (nSPS) is 9.27. The molecule has 80 valence electrons. The highest BCUT2D eigenvalue weighted by Crippen LogP contribution is 2.07. The Labute approximate surface area is 88.5 Å². The van der Waals surface area contributed by atoms with E-state index in [1.807, 2.05) is 13.8 Å². The summed E-state index contributed by atoms with van der Waals surface area (Å²) in [7, 11) is 0. The van der Waals surface area contributed by atoms with E-state index >= 15 is 0 Å². The average Bonchev–Trinajstić information content (AvgIpc) is 2.90. The predicted molar refractivity (Wildman–Crippen MR) is 56.7 cm³/mol. The molecule has 2 aromatic heterocycles. The van der Waals surface area contributed by atoms with Gasteiger partial charge < -0.3 is 4.42 Å². The number of hydrogen-bond donors (Lipinski definition) is 0. The highest BCUT2D eigenvalue weighted by molar-refractivity contribution is 5.93. The van der Waals surface area contributed by atoms with Gasteiger partial charge in [-0.1, -0.05) is 13.8 Å². The fraction of sp³-hybridized carbons (Fsp3) is 0.273.